The fourth-order valence-electron chi connectivity index (χ4n) is 1.40. The molecule has 0 fully saturated rings. The molecule has 0 saturated carbocycles. The summed E-state index contributed by atoms with van der Waals surface area (Å²) in [5, 5.41) is 2.83. The molecule has 3 N–H and O–H groups in total. The minimum atomic E-state index is -4.11. The number of anilines is 2. The van der Waals surface area contributed by atoms with Crippen molar-refractivity contribution in [2.75, 3.05) is 17.6 Å². The monoisotopic (exact) mass is 250 g/mol. The van der Waals surface area contributed by atoms with Gasteiger partial charge < -0.3 is 11.1 Å². The zero-order valence-corrected chi connectivity index (χ0v) is 9.15. The Bertz CT molecular complexity index is 343. The summed E-state index contributed by atoms with van der Waals surface area (Å²) in [6, 6.07) is 3.96. The van der Waals surface area contributed by atoms with E-state index in [1.54, 1.807) is 0 Å². The van der Waals surface area contributed by atoms with Gasteiger partial charge in [0, 0.05) is 24.3 Å². The first-order valence-corrected chi connectivity index (χ1v) is 5.23. The quantitative estimate of drug-likeness (QED) is 0.476. The van der Waals surface area contributed by atoms with Crippen molar-refractivity contribution in [3.63, 3.8) is 0 Å². The molecule has 6 heteroatoms. The Morgan fingerprint density at radius 1 is 1.12 bits per heavy atom. The van der Waals surface area contributed by atoms with Gasteiger partial charge in [0.25, 0.3) is 0 Å². The van der Waals surface area contributed by atoms with Crippen LogP contribution in [0.2, 0.25) is 0 Å². The fourth-order valence-corrected chi connectivity index (χ4v) is 1.40. The molecule has 0 radical (unpaired) electrons. The molecule has 0 bridgehead atoms. The van der Waals surface area contributed by atoms with E-state index in [1.165, 1.54) is 18.2 Å². The number of rotatable bonds is 5. The minimum absolute atomic E-state index is 0.0568. The molecule has 0 aromatic heterocycles. The first-order chi connectivity index (χ1) is 7.87. The molecule has 17 heavy (non-hydrogen) atoms. The summed E-state index contributed by atoms with van der Waals surface area (Å²) in [7, 11) is 0. The topological polar surface area (TPSA) is 38.0 Å². The van der Waals surface area contributed by atoms with E-state index >= 15 is 0 Å². The molecule has 0 amide bonds. The van der Waals surface area contributed by atoms with E-state index in [9.17, 15) is 17.6 Å². The normalized spacial score (nSPS) is 11.5. The standard InChI is InChI=1S/C11H14F4N2/c12-8-5-9(16)7-10(6-8)17-4-2-1-3-11(13,14)15/h5-7,17H,1-4,16H2. The molecular formula is C11H14F4N2. The van der Waals surface area contributed by atoms with Crippen molar-refractivity contribution in [1.82, 2.24) is 0 Å². The molecule has 1 aromatic rings. The molecule has 1 rings (SSSR count). The predicted octanol–water partition coefficient (Wildman–Crippen LogP) is 3.55. The van der Waals surface area contributed by atoms with E-state index in [4.69, 9.17) is 5.73 Å². The maximum atomic E-state index is 12.9. The maximum absolute atomic E-state index is 12.9. The molecule has 0 saturated heterocycles. The second-order valence-corrected chi connectivity index (χ2v) is 3.77. The highest BCUT2D eigenvalue weighted by molar-refractivity contribution is 5.54. The summed E-state index contributed by atoms with van der Waals surface area (Å²) < 4.78 is 48.4. The highest BCUT2D eigenvalue weighted by atomic mass is 19.4. The van der Waals surface area contributed by atoms with Gasteiger partial charge in [0.15, 0.2) is 0 Å². The van der Waals surface area contributed by atoms with E-state index in [0.29, 0.717) is 18.7 Å². The average Bonchev–Trinajstić information content (AvgIpc) is 2.13. The largest absolute Gasteiger partial charge is 0.399 e. The Labute approximate surface area is 96.8 Å². The number of nitrogen functional groups attached to an aromatic ring is 1. The Morgan fingerprint density at radius 2 is 1.82 bits per heavy atom. The Kier molecular flexibility index (Phi) is 4.60. The van der Waals surface area contributed by atoms with Crippen molar-refractivity contribution in [3.05, 3.63) is 24.0 Å². The van der Waals surface area contributed by atoms with Crippen LogP contribution in [-0.4, -0.2) is 12.7 Å². The number of hydrogen-bond acceptors (Lipinski definition) is 2. The first-order valence-electron chi connectivity index (χ1n) is 5.23. The van der Waals surface area contributed by atoms with Gasteiger partial charge >= 0.3 is 6.18 Å². The van der Waals surface area contributed by atoms with E-state index in [2.05, 4.69) is 5.32 Å². The fraction of sp³-hybridized carbons (Fsp3) is 0.455. The van der Waals surface area contributed by atoms with Crippen molar-refractivity contribution >= 4 is 11.4 Å². The summed E-state index contributed by atoms with van der Waals surface area (Å²) in [4.78, 5) is 0. The Morgan fingerprint density at radius 3 is 2.41 bits per heavy atom. The van der Waals surface area contributed by atoms with Gasteiger partial charge in [-0.1, -0.05) is 0 Å². The molecular weight excluding hydrogens is 236 g/mol. The van der Waals surface area contributed by atoms with E-state index < -0.39 is 18.4 Å². The summed E-state index contributed by atoms with van der Waals surface area (Å²) >= 11 is 0. The van der Waals surface area contributed by atoms with Crippen molar-refractivity contribution in [2.45, 2.75) is 25.4 Å². The summed E-state index contributed by atoms with van der Waals surface area (Å²) in [6.07, 6.45) is -4.47. The molecule has 2 nitrogen and oxygen atoms in total. The SMILES string of the molecule is Nc1cc(F)cc(NCCCCC(F)(F)F)c1. The van der Waals surface area contributed by atoms with Gasteiger partial charge in [0.05, 0.1) is 0 Å². The smallest absolute Gasteiger partial charge is 0.389 e. The van der Waals surface area contributed by atoms with Crippen molar-refractivity contribution in [3.8, 4) is 0 Å². The third-order valence-corrected chi connectivity index (χ3v) is 2.14. The van der Waals surface area contributed by atoms with Crippen LogP contribution in [0.15, 0.2) is 18.2 Å². The number of nitrogens with two attached hydrogens (primary N) is 1. The number of hydrogen-bond donors (Lipinski definition) is 2. The molecule has 0 aliphatic rings. The second-order valence-electron chi connectivity index (χ2n) is 3.77. The van der Waals surface area contributed by atoms with Crippen LogP contribution in [0, 0.1) is 5.82 Å². The third kappa shape index (κ3) is 5.99. The molecule has 0 aliphatic heterocycles. The van der Waals surface area contributed by atoms with Gasteiger partial charge in [-0.2, -0.15) is 13.2 Å². The molecule has 1 aromatic carbocycles. The van der Waals surface area contributed by atoms with Crippen molar-refractivity contribution in [2.24, 2.45) is 0 Å². The molecule has 0 unspecified atom stereocenters. The minimum Gasteiger partial charge on any atom is -0.399 e. The van der Waals surface area contributed by atoms with Crippen LogP contribution in [0.4, 0.5) is 28.9 Å². The number of halogens is 4. The lowest BCUT2D eigenvalue weighted by atomic mass is 10.2. The van der Waals surface area contributed by atoms with Gasteiger partial charge in [0.1, 0.15) is 5.82 Å². The van der Waals surface area contributed by atoms with Gasteiger partial charge in [-0.3, -0.25) is 0 Å². The van der Waals surface area contributed by atoms with E-state index in [0.717, 1.165) is 0 Å². The lowest BCUT2D eigenvalue weighted by Gasteiger charge is -2.08. The van der Waals surface area contributed by atoms with Gasteiger partial charge in [0.2, 0.25) is 0 Å². The van der Waals surface area contributed by atoms with Gasteiger partial charge in [-0.15, -0.1) is 0 Å². The summed E-state index contributed by atoms with van der Waals surface area (Å²) in [5.74, 6) is -0.470. The number of benzene rings is 1. The lowest BCUT2D eigenvalue weighted by Crippen LogP contribution is -2.08. The highest BCUT2D eigenvalue weighted by Crippen LogP contribution is 2.22. The molecule has 0 heterocycles. The predicted molar refractivity (Wildman–Crippen MR) is 59.2 cm³/mol. The van der Waals surface area contributed by atoms with Crippen LogP contribution in [0.25, 0.3) is 0 Å². The zero-order valence-electron chi connectivity index (χ0n) is 9.15. The zero-order chi connectivity index (χ0) is 12.9. The van der Waals surface area contributed by atoms with Crippen LogP contribution in [0.5, 0.6) is 0 Å². The molecule has 96 valence electrons. The van der Waals surface area contributed by atoms with Crippen LogP contribution in [-0.2, 0) is 0 Å². The van der Waals surface area contributed by atoms with Gasteiger partial charge in [-0.05, 0) is 31.0 Å². The van der Waals surface area contributed by atoms with E-state index in [1.807, 2.05) is 0 Å². The van der Waals surface area contributed by atoms with Gasteiger partial charge in [-0.25, -0.2) is 4.39 Å². The Hall–Kier alpha value is -1.46. The van der Waals surface area contributed by atoms with Crippen LogP contribution < -0.4 is 11.1 Å². The molecule has 0 atom stereocenters. The van der Waals surface area contributed by atoms with Crippen LogP contribution >= 0.6 is 0 Å². The van der Waals surface area contributed by atoms with Crippen molar-refractivity contribution in [1.29, 1.82) is 0 Å². The van der Waals surface area contributed by atoms with Crippen LogP contribution in [0.1, 0.15) is 19.3 Å². The van der Waals surface area contributed by atoms with Crippen LogP contribution in [0.3, 0.4) is 0 Å². The number of alkyl halides is 3. The average molecular weight is 250 g/mol. The van der Waals surface area contributed by atoms with Crippen molar-refractivity contribution < 1.29 is 17.6 Å². The lowest BCUT2D eigenvalue weighted by molar-refractivity contribution is -0.135. The summed E-state index contributed by atoms with van der Waals surface area (Å²) in [5.41, 5.74) is 6.18. The summed E-state index contributed by atoms with van der Waals surface area (Å²) in [6.45, 7) is 0.360. The first kappa shape index (κ1) is 13.6. The molecule has 0 spiro atoms. The maximum Gasteiger partial charge on any atom is 0.389 e. The van der Waals surface area contributed by atoms with E-state index in [-0.39, 0.29) is 12.1 Å². The second kappa shape index (κ2) is 5.75. The third-order valence-electron chi connectivity index (χ3n) is 2.14. The molecule has 0 aliphatic carbocycles. The highest BCUT2D eigenvalue weighted by Gasteiger charge is 2.25. The number of nitrogens with one attached hydrogen (secondary N) is 1. The Balaban J connectivity index is 2.27. The number of unbranched alkanes of at least 4 members (excludes halogenated alkanes) is 1.